The van der Waals surface area contributed by atoms with E-state index in [1.165, 1.54) is 18.9 Å². The van der Waals surface area contributed by atoms with E-state index in [-0.39, 0.29) is 5.56 Å². The molecular formula is C19H22F3N5. The summed E-state index contributed by atoms with van der Waals surface area (Å²) in [6, 6.07) is 2.66. The normalized spacial score (nSPS) is 29.6. The van der Waals surface area contributed by atoms with E-state index in [1.54, 1.807) is 4.68 Å². The third-order valence-corrected chi connectivity index (χ3v) is 6.35. The van der Waals surface area contributed by atoms with Crippen LogP contribution in [-0.2, 0) is 6.54 Å². The fourth-order valence-electron chi connectivity index (χ4n) is 4.99. The summed E-state index contributed by atoms with van der Waals surface area (Å²) in [5, 5.41) is 11.5. The molecule has 0 amide bonds. The van der Waals surface area contributed by atoms with Gasteiger partial charge in [0.15, 0.2) is 17.5 Å². The molecular weight excluding hydrogens is 355 g/mol. The second kappa shape index (κ2) is 6.51. The zero-order valence-corrected chi connectivity index (χ0v) is 14.9. The van der Waals surface area contributed by atoms with Crippen molar-refractivity contribution >= 4 is 5.95 Å². The number of hydrogen-bond donors (Lipinski definition) is 2. The summed E-state index contributed by atoms with van der Waals surface area (Å²) >= 11 is 0. The highest BCUT2D eigenvalue weighted by atomic mass is 19.2. The Morgan fingerprint density at radius 2 is 1.81 bits per heavy atom. The third-order valence-electron chi connectivity index (χ3n) is 6.35. The number of benzene rings is 1. The summed E-state index contributed by atoms with van der Waals surface area (Å²) in [6.45, 7) is 2.71. The minimum Gasteiger partial charge on any atom is -0.350 e. The van der Waals surface area contributed by atoms with E-state index >= 15 is 0 Å². The number of aryl methyl sites for hydroxylation is 1. The van der Waals surface area contributed by atoms with Gasteiger partial charge in [-0.1, -0.05) is 6.07 Å². The molecule has 1 aliphatic carbocycles. The average Bonchev–Trinajstić information content (AvgIpc) is 3.16. The van der Waals surface area contributed by atoms with Crippen molar-refractivity contribution in [1.29, 1.82) is 0 Å². The highest BCUT2D eigenvalue weighted by Gasteiger charge is 2.40. The Balaban J connectivity index is 1.44. The summed E-state index contributed by atoms with van der Waals surface area (Å²) in [5.74, 6) is -1.80. The van der Waals surface area contributed by atoms with Crippen LogP contribution in [0.15, 0.2) is 12.1 Å². The van der Waals surface area contributed by atoms with Gasteiger partial charge in [-0.05, 0) is 56.7 Å². The van der Waals surface area contributed by atoms with Gasteiger partial charge in [-0.2, -0.15) is 4.98 Å². The lowest BCUT2D eigenvalue weighted by molar-refractivity contribution is 0.341. The van der Waals surface area contributed by atoms with Gasteiger partial charge >= 0.3 is 0 Å². The van der Waals surface area contributed by atoms with Crippen LogP contribution in [0.3, 0.4) is 0 Å². The summed E-state index contributed by atoms with van der Waals surface area (Å²) in [5.41, 5.74) is 0.149. The quantitative estimate of drug-likeness (QED) is 0.808. The molecule has 0 spiro atoms. The van der Waals surface area contributed by atoms with Crippen LogP contribution in [0.4, 0.5) is 19.1 Å². The molecule has 5 nitrogen and oxygen atoms in total. The fourth-order valence-corrected chi connectivity index (χ4v) is 4.99. The van der Waals surface area contributed by atoms with Crippen LogP contribution < -0.4 is 10.6 Å². The van der Waals surface area contributed by atoms with Crippen LogP contribution in [-0.4, -0.2) is 33.9 Å². The van der Waals surface area contributed by atoms with Crippen LogP contribution in [0.25, 0.3) is 0 Å². The predicted octanol–water partition coefficient (Wildman–Crippen LogP) is 3.03. The SMILES string of the molecule is Fc1ccc(C2CCCn3nc(NC4C5CC[C@H]4CNC5)nc32)c(F)c1F. The van der Waals surface area contributed by atoms with Gasteiger partial charge in [-0.15, -0.1) is 5.10 Å². The molecule has 27 heavy (non-hydrogen) atoms. The van der Waals surface area contributed by atoms with Gasteiger partial charge < -0.3 is 10.6 Å². The van der Waals surface area contributed by atoms with Crippen LogP contribution in [0, 0.1) is 29.3 Å². The number of piperidine rings is 1. The van der Waals surface area contributed by atoms with Crippen molar-refractivity contribution in [2.45, 2.75) is 44.2 Å². The molecule has 2 aliphatic heterocycles. The molecule has 1 saturated carbocycles. The minimum absolute atomic E-state index is 0.149. The molecule has 2 fully saturated rings. The van der Waals surface area contributed by atoms with Gasteiger partial charge in [0.05, 0.1) is 0 Å². The number of nitrogens with one attached hydrogen (secondary N) is 2. The van der Waals surface area contributed by atoms with Crippen molar-refractivity contribution in [3.63, 3.8) is 0 Å². The van der Waals surface area contributed by atoms with E-state index in [4.69, 9.17) is 0 Å². The Hall–Kier alpha value is -2.09. The van der Waals surface area contributed by atoms with Crippen LogP contribution >= 0.6 is 0 Å². The zero-order valence-electron chi connectivity index (χ0n) is 14.9. The fraction of sp³-hybridized carbons (Fsp3) is 0.579. The first-order valence-corrected chi connectivity index (χ1v) is 9.67. The predicted molar refractivity (Wildman–Crippen MR) is 93.9 cm³/mol. The average molecular weight is 377 g/mol. The lowest BCUT2D eigenvalue weighted by atomic mass is 9.90. The van der Waals surface area contributed by atoms with E-state index in [9.17, 15) is 13.2 Å². The lowest BCUT2D eigenvalue weighted by Crippen LogP contribution is -2.45. The maximum atomic E-state index is 14.3. The van der Waals surface area contributed by atoms with Gasteiger partial charge in [0.1, 0.15) is 5.82 Å². The second-order valence-electron chi connectivity index (χ2n) is 7.90. The van der Waals surface area contributed by atoms with Crippen molar-refractivity contribution in [2.75, 3.05) is 18.4 Å². The maximum Gasteiger partial charge on any atom is 0.242 e. The molecule has 0 radical (unpaired) electrons. The first kappa shape index (κ1) is 17.0. The maximum absolute atomic E-state index is 14.3. The van der Waals surface area contributed by atoms with Crippen molar-refractivity contribution in [2.24, 2.45) is 11.8 Å². The smallest absolute Gasteiger partial charge is 0.242 e. The molecule has 1 aromatic carbocycles. The summed E-state index contributed by atoms with van der Waals surface area (Å²) in [6.07, 6.45) is 3.83. The Labute approximate surface area is 155 Å². The first-order chi connectivity index (χ1) is 13.1. The van der Waals surface area contributed by atoms with Crippen LogP contribution in [0.5, 0.6) is 0 Å². The number of anilines is 1. The number of hydrogen-bond acceptors (Lipinski definition) is 4. The highest BCUT2D eigenvalue weighted by Crippen LogP contribution is 2.37. The molecule has 4 atom stereocenters. The number of nitrogens with zero attached hydrogens (tertiary/aromatic N) is 3. The number of fused-ring (bicyclic) bond motifs is 3. The van der Waals surface area contributed by atoms with E-state index in [0.29, 0.717) is 42.6 Å². The van der Waals surface area contributed by atoms with Crippen molar-refractivity contribution in [1.82, 2.24) is 20.1 Å². The topological polar surface area (TPSA) is 54.8 Å². The Morgan fingerprint density at radius 3 is 2.59 bits per heavy atom. The van der Waals surface area contributed by atoms with Gasteiger partial charge in [-0.3, -0.25) is 0 Å². The van der Waals surface area contributed by atoms with Gasteiger partial charge in [0.2, 0.25) is 5.95 Å². The minimum atomic E-state index is -1.42. The molecule has 3 heterocycles. The first-order valence-electron chi connectivity index (χ1n) is 9.67. The van der Waals surface area contributed by atoms with E-state index in [2.05, 4.69) is 20.7 Å². The van der Waals surface area contributed by atoms with Gasteiger partial charge in [0.25, 0.3) is 0 Å². The molecule has 2 N–H and O–H groups in total. The molecule has 144 valence electrons. The third kappa shape index (κ3) is 2.81. The molecule has 8 heteroatoms. The molecule has 2 bridgehead atoms. The Bertz CT molecular complexity index is 851. The molecule has 1 saturated heterocycles. The Kier molecular flexibility index (Phi) is 4.11. The molecule has 2 aromatic rings. The van der Waals surface area contributed by atoms with E-state index in [0.717, 1.165) is 25.6 Å². The highest BCUT2D eigenvalue weighted by molar-refractivity contribution is 5.34. The van der Waals surface area contributed by atoms with Gasteiger partial charge in [0, 0.05) is 24.1 Å². The summed E-state index contributed by atoms with van der Waals surface area (Å²) in [4.78, 5) is 4.63. The molecule has 5 rings (SSSR count). The van der Waals surface area contributed by atoms with Gasteiger partial charge in [-0.25, -0.2) is 17.9 Å². The Morgan fingerprint density at radius 1 is 1.04 bits per heavy atom. The van der Waals surface area contributed by atoms with Crippen LogP contribution in [0.1, 0.15) is 43.0 Å². The van der Waals surface area contributed by atoms with E-state index < -0.39 is 23.4 Å². The monoisotopic (exact) mass is 377 g/mol. The molecule has 3 aliphatic rings. The second-order valence-corrected chi connectivity index (χ2v) is 7.90. The molecule has 3 unspecified atom stereocenters. The van der Waals surface area contributed by atoms with Crippen molar-refractivity contribution in [3.05, 3.63) is 41.0 Å². The summed E-state index contributed by atoms with van der Waals surface area (Å²) in [7, 11) is 0. The zero-order chi connectivity index (χ0) is 18.5. The summed E-state index contributed by atoms with van der Waals surface area (Å²) < 4.78 is 43.1. The van der Waals surface area contributed by atoms with Crippen molar-refractivity contribution in [3.8, 4) is 0 Å². The molecule has 1 aromatic heterocycles. The number of rotatable bonds is 3. The van der Waals surface area contributed by atoms with E-state index in [1.807, 2.05) is 0 Å². The largest absolute Gasteiger partial charge is 0.350 e. The number of halogens is 3. The standard InChI is InChI=1S/C19H22F3N5/c20-14-6-5-12(15(21)16(14)22)13-2-1-7-27-18(13)25-19(26-27)24-17-10-3-4-11(17)9-23-8-10/h5-6,10-11,13,17,23H,1-4,7-9H2,(H,24,26)/t10-,11?,13?,17?/m0/s1. The van der Waals surface area contributed by atoms with Crippen molar-refractivity contribution < 1.29 is 13.2 Å². The lowest BCUT2D eigenvalue weighted by Gasteiger charge is -2.31. The van der Waals surface area contributed by atoms with Crippen LogP contribution in [0.2, 0.25) is 0 Å². The number of aromatic nitrogens is 3.